The number of nitrogens with one attached hydrogen (secondary N) is 1. The van der Waals surface area contributed by atoms with Crippen molar-refractivity contribution in [3.05, 3.63) is 12.2 Å². The molecule has 1 aliphatic rings. The average Bonchev–Trinajstić information content (AvgIpc) is 2.90. The molecule has 0 saturated carbocycles. The lowest BCUT2D eigenvalue weighted by Crippen LogP contribution is -2.45. The number of carbonyl (C=O) groups is 1. The molecule has 0 radical (unpaired) electrons. The number of esters is 1. The van der Waals surface area contributed by atoms with Gasteiger partial charge in [0.15, 0.2) is 0 Å². The third kappa shape index (κ3) is 4.50. The van der Waals surface area contributed by atoms with Crippen LogP contribution in [0.5, 0.6) is 0 Å². The molecule has 7 nitrogen and oxygen atoms in total. The van der Waals surface area contributed by atoms with Crippen LogP contribution in [0.4, 0.5) is 0 Å². The fourth-order valence-corrected chi connectivity index (χ4v) is 2.53. The minimum atomic E-state index is -0.246. The molecule has 0 amide bonds. The van der Waals surface area contributed by atoms with Gasteiger partial charge in [0, 0.05) is 25.7 Å². The summed E-state index contributed by atoms with van der Waals surface area (Å²) in [5.74, 6) is 0.831. The van der Waals surface area contributed by atoms with Gasteiger partial charge in [0.05, 0.1) is 13.2 Å². The highest BCUT2D eigenvalue weighted by atomic mass is 16.5. The predicted molar refractivity (Wildman–Crippen MR) is 78.6 cm³/mol. The number of fused-ring (bicyclic) bond motifs is 1. The SMILES string of the molecule is CCOC(=O)C(CCN1CCn2cnnc2C1)NC(C)C. The first-order valence-electron chi connectivity index (χ1n) is 7.62. The van der Waals surface area contributed by atoms with Gasteiger partial charge in [-0.2, -0.15) is 0 Å². The molecule has 118 valence electrons. The average molecular weight is 295 g/mol. The molecule has 1 unspecified atom stereocenters. The molecule has 0 spiro atoms. The van der Waals surface area contributed by atoms with Crippen molar-refractivity contribution in [3.8, 4) is 0 Å². The van der Waals surface area contributed by atoms with Gasteiger partial charge in [0.2, 0.25) is 0 Å². The van der Waals surface area contributed by atoms with Gasteiger partial charge in [0.25, 0.3) is 0 Å². The van der Waals surface area contributed by atoms with Crippen molar-refractivity contribution >= 4 is 5.97 Å². The van der Waals surface area contributed by atoms with Crippen molar-refractivity contribution in [3.63, 3.8) is 0 Å². The molecule has 1 aromatic rings. The van der Waals surface area contributed by atoms with Gasteiger partial charge in [-0.15, -0.1) is 10.2 Å². The molecule has 21 heavy (non-hydrogen) atoms. The first-order valence-corrected chi connectivity index (χ1v) is 7.62. The Morgan fingerprint density at radius 3 is 3.00 bits per heavy atom. The van der Waals surface area contributed by atoms with Crippen LogP contribution in [0.25, 0.3) is 0 Å². The number of nitrogens with zero attached hydrogens (tertiary/aromatic N) is 4. The van der Waals surface area contributed by atoms with Crippen LogP contribution in [0.1, 0.15) is 33.0 Å². The molecule has 0 fully saturated rings. The maximum absolute atomic E-state index is 12.0. The van der Waals surface area contributed by atoms with Crippen LogP contribution in [-0.4, -0.2) is 57.4 Å². The lowest BCUT2D eigenvalue weighted by Gasteiger charge is -2.28. The molecule has 0 aliphatic carbocycles. The first kappa shape index (κ1) is 15.9. The Kier molecular flexibility index (Phi) is 5.69. The monoisotopic (exact) mass is 295 g/mol. The fraction of sp³-hybridized carbons (Fsp3) is 0.786. The van der Waals surface area contributed by atoms with Gasteiger partial charge in [-0.1, -0.05) is 13.8 Å². The van der Waals surface area contributed by atoms with Gasteiger partial charge < -0.3 is 14.6 Å². The van der Waals surface area contributed by atoms with Crippen molar-refractivity contribution in [2.24, 2.45) is 0 Å². The molecule has 0 bridgehead atoms. The number of ether oxygens (including phenoxy) is 1. The summed E-state index contributed by atoms with van der Waals surface area (Å²) in [7, 11) is 0. The van der Waals surface area contributed by atoms with Crippen LogP contribution < -0.4 is 5.32 Å². The van der Waals surface area contributed by atoms with E-state index in [-0.39, 0.29) is 18.1 Å². The Morgan fingerprint density at radius 2 is 2.29 bits per heavy atom. The molecule has 2 rings (SSSR count). The van der Waals surface area contributed by atoms with E-state index in [1.165, 1.54) is 0 Å². The summed E-state index contributed by atoms with van der Waals surface area (Å²) >= 11 is 0. The van der Waals surface area contributed by atoms with Gasteiger partial charge in [-0.3, -0.25) is 9.69 Å². The zero-order chi connectivity index (χ0) is 15.2. The van der Waals surface area contributed by atoms with Gasteiger partial charge in [0.1, 0.15) is 18.2 Å². The van der Waals surface area contributed by atoms with E-state index in [0.717, 1.165) is 38.4 Å². The van der Waals surface area contributed by atoms with Gasteiger partial charge >= 0.3 is 5.97 Å². The summed E-state index contributed by atoms with van der Waals surface area (Å²) in [4.78, 5) is 14.3. The standard InChI is InChI=1S/C14H25N5O2/c1-4-21-14(20)12(16-11(2)3)5-6-18-7-8-19-10-15-17-13(19)9-18/h10-12,16H,4-9H2,1-3H3. The number of hydrogen-bond donors (Lipinski definition) is 1. The van der Waals surface area contributed by atoms with Crippen LogP contribution in [0.3, 0.4) is 0 Å². The number of hydrogen-bond acceptors (Lipinski definition) is 6. The summed E-state index contributed by atoms with van der Waals surface area (Å²) in [5.41, 5.74) is 0. The zero-order valence-electron chi connectivity index (χ0n) is 13.1. The summed E-state index contributed by atoms with van der Waals surface area (Å²) < 4.78 is 7.22. The van der Waals surface area contributed by atoms with Crippen molar-refractivity contribution in [1.29, 1.82) is 0 Å². The lowest BCUT2D eigenvalue weighted by molar-refractivity contribution is -0.146. The van der Waals surface area contributed by atoms with Crippen molar-refractivity contribution in [2.45, 2.75) is 52.4 Å². The summed E-state index contributed by atoms with van der Waals surface area (Å²) in [6.45, 7) is 9.83. The van der Waals surface area contributed by atoms with E-state index < -0.39 is 0 Å². The maximum Gasteiger partial charge on any atom is 0.323 e. The summed E-state index contributed by atoms with van der Waals surface area (Å²) in [6.07, 6.45) is 2.51. The van der Waals surface area contributed by atoms with Gasteiger partial charge in [-0.25, -0.2) is 0 Å². The smallest absolute Gasteiger partial charge is 0.323 e. The van der Waals surface area contributed by atoms with Crippen LogP contribution in [0, 0.1) is 0 Å². The molecule has 2 heterocycles. The van der Waals surface area contributed by atoms with Crippen molar-refractivity contribution in [2.75, 3.05) is 19.7 Å². The third-order valence-corrected chi connectivity index (χ3v) is 3.56. The van der Waals surface area contributed by atoms with Crippen LogP contribution >= 0.6 is 0 Å². The molecule has 0 aromatic carbocycles. The van der Waals surface area contributed by atoms with E-state index in [0.29, 0.717) is 6.61 Å². The van der Waals surface area contributed by atoms with Crippen molar-refractivity contribution in [1.82, 2.24) is 25.0 Å². The topological polar surface area (TPSA) is 72.3 Å². The van der Waals surface area contributed by atoms with Crippen molar-refractivity contribution < 1.29 is 9.53 Å². The third-order valence-electron chi connectivity index (χ3n) is 3.56. The predicted octanol–water partition coefficient (Wildman–Crippen LogP) is 0.414. The van der Waals surface area contributed by atoms with E-state index in [9.17, 15) is 4.79 Å². The maximum atomic E-state index is 12.0. The highest BCUT2D eigenvalue weighted by Gasteiger charge is 2.23. The Balaban J connectivity index is 1.85. The Hall–Kier alpha value is -1.47. The van der Waals surface area contributed by atoms with E-state index in [1.54, 1.807) is 6.33 Å². The zero-order valence-corrected chi connectivity index (χ0v) is 13.1. The van der Waals surface area contributed by atoms with E-state index in [2.05, 4.69) is 25.0 Å². The van der Waals surface area contributed by atoms with Gasteiger partial charge in [-0.05, 0) is 13.3 Å². The molecule has 1 aromatic heterocycles. The molecular formula is C14H25N5O2. The second-order valence-electron chi connectivity index (χ2n) is 5.63. The Labute approximate surface area is 125 Å². The Morgan fingerprint density at radius 1 is 1.48 bits per heavy atom. The molecule has 1 aliphatic heterocycles. The first-order chi connectivity index (χ1) is 10.1. The molecular weight excluding hydrogens is 270 g/mol. The quantitative estimate of drug-likeness (QED) is 0.735. The number of carbonyl (C=O) groups excluding carboxylic acids is 1. The largest absolute Gasteiger partial charge is 0.465 e. The lowest BCUT2D eigenvalue weighted by atomic mass is 10.1. The van der Waals surface area contributed by atoms with Crippen LogP contribution in [-0.2, 0) is 22.6 Å². The van der Waals surface area contributed by atoms with Crippen LogP contribution in [0.2, 0.25) is 0 Å². The second kappa shape index (κ2) is 7.51. The second-order valence-corrected chi connectivity index (χ2v) is 5.63. The Bertz CT molecular complexity index is 460. The summed E-state index contributed by atoms with van der Waals surface area (Å²) in [5, 5.41) is 11.3. The minimum absolute atomic E-state index is 0.161. The van der Waals surface area contributed by atoms with E-state index >= 15 is 0 Å². The highest BCUT2D eigenvalue weighted by molar-refractivity contribution is 5.75. The van der Waals surface area contributed by atoms with Crippen LogP contribution in [0.15, 0.2) is 6.33 Å². The normalized spacial score (nSPS) is 16.8. The summed E-state index contributed by atoms with van der Waals surface area (Å²) in [6, 6.07) is 0.00797. The molecule has 7 heteroatoms. The van der Waals surface area contributed by atoms with E-state index in [1.807, 2.05) is 20.8 Å². The molecule has 0 saturated heterocycles. The fourth-order valence-electron chi connectivity index (χ4n) is 2.53. The minimum Gasteiger partial charge on any atom is -0.465 e. The number of aromatic nitrogens is 3. The molecule has 1 N–H and O–H groups in total. The highest BCUT2D eigenvalue weighted by Crippen LogP contribution is 2.10. The van der Waals surface area contributed by atoms with E-state index in [4.69, 9.17) is 4.74 Å². The number of rotatable bonds is 7. The molecule has 1 atom stereocenters.